The molecule has 78 valence electrons. The zero-order chi connectivity index (χ0) is 10.6. The van der Waals surface area contributed by atoms with Gasteiger partial charge in [-0.25, -0.2) is 0 Å². The molecule has 1 atom stereocenters. The topological polar surface area (TPSA) is 20.2 Å². The Morgan fingerprint density at radius 3 is 2.07 bits per heavy atom. The number of benzene rings is 1. The van der Waals surface area contributed by atoms with Gasteiger partial charge in [-0.15, -0.1) is 0 Å². The minimum atomic E-state index is -0.554. The van der Waals surface area contributed by atoms with E-state index in [1.165, 1.54) is 5.56 Å². The van der Waals surface area contributed by atoms with Gasteiger partial charge in [-0.05, 0) is 18.4 Å². The Hall–Kier alpha value is -0.820. The molecule has 0 aromatic heterocycles. The lowest BCUT2D eigenvalue weighted by Gasteiger charge is -2.32. The second kappa shape index (κ2) is 4.61. The number of hydrogen-bond donors (Lipinski definition) is 1. The van der Waals surface area contributed by atoms with Crippen LogP contribution in [0, 0.1) is 0 Å². The van der Waals surface area contributed by atoms with Crippen molar-refractivity contribution >= 4 is 0 Å². The van der Waals surface area contributed by atoms with E-state index in [-0.39, 0.29) is 5.92 Å². The highest BCUT2D eigenvalue weighted by Gasteiger charge is 2.30. The van der Waals surface area contributed by atoms with E-state index in [9.17, 15) is 5.11 Å². The van der Waals surface area contributed by atoms with Gasteiger partial charge in [0.05, 0.1) is 5.60 Å². The highest BCUT2D eigenvalue weighted by molar-refractivity contribution is 5.21. The summed E-state index contributed by atoms with van der Waals surface area (Å²) in [5.41, 5.74) is 0.667. The second-order valence-electron chi connectivity index (χ2n) is 3.94. The van der Waals surface area contributed by atoms with Crippen molar-refractivity contribution < 1.29 is 5.11 Å². The third kappa shape index (κ3) is 2.16. The van der Waals surface area contributed by atoms with Gasteiger partial charge >= 0.3 is 0 Å². The summed E-state index contributed by atoms with van der Waals surface area (Å²) >= 11 is 0. The third-order valence-corrected chi connectivity index (χ3v) is 3.33. The molecule has 1 heteroatoms. The van der Waals surface area contributed by atoms with Gasteiger partial charge in [-0.2, -0.15) is 0 Å². The normalized spacial score (nSPS) is 14.0. The highest BCUT2D eigenvalue weighted by Crippen LogP contribution is 2.32. The summed E-state index contributed by atoms with van der Waals surface area (Å²) < 4.78 is 0. The summed E-state index contributed by atoms with van der Waals surface area (Å²) in [6.45, 7) is 6.19. The Morgan fingerprint density at radius 1 is 1.14 bits per heavy atom. The van der Waals surface area contributed by atoms with Crippen molar-refractivity contribution in [2.75, 3.05) is 0 Å². The van der Waals surface area contributed by atoms with Crippen LogP contribution in [0.1, 0.15) is 45.1 Å². The predicted molar refractivity (Wildman–Crippen MR) is 60.4 cm³/mol. The zero-order valence-corrected chi connectivity index (χ0v) is 9.33. The van der Waals surface area contributed by atoms with Crippen molar-refractivity contribution in [2.45, 2.75) is 45.1 Å². The van der Waals surface area contributed by atoms with Crippen molar-refractivity contribution in [2.24, 2.45) is 0 Å². The molecule has 1 aromatic carbocycles. The molecule has 1 N–H and O–H groups in total. The minimum absolute atomic E-state index is 0.207. The van der Waals surface area contributed by atoms with E-state index in [2.05, 4.69) is 19.1 Å². The highest BCUT2D eigenvalue weighted by atomic mass is 16.3. The van der Waals surface area contributed by atoms with Crippen LogP contribution in [0.4, 0.5) is 0 Å². The van der Waals surface area contributed by atoms with Crippen LogP contribution in [-0.4, -0.2) is 10.7 Å². The lowest BCUT2D eigenvalue weighted by molar-refractivity contribution is 0.00944. The first-order chi connectivity index (χ1) is 6.64. The molecule has 0 fully saturated rings. The van der Waals surface area contributed by atoms with Crippen molar-refractivity contribution in [3.63, 3.8) is 0 Å². The molecule has 0 saturated heterocycles. The molecule has 1 rings (SSSR count). The average molecular weight is 192 g/mol. The molecule has 1 aromatic rings. The molecule has 0 radical (unpaired) electrons. The number of hydrogen-bond acceptors (Lipinski definition) is 1. The molecule has 14 heavy (non-hydrogen) atoms. The molecule has 0 amide bonds. The summed E-state index contributed by atoms with van der Waals surface area (Å²) in [4.78, 5) is 0. The second-order valence-corrected chi connectivity index (χ2v) is 3.94. The Labute approximate surface area is 86.8 Å². The molecule has 0 unspecified atom stereocenters. The Bertz CT molecular complexity index is 262. The van der Waals surface area contributed by atoms with E-state index in [1.807, 2.05) is 32.0 Å². The fourth-order valence-electron chi connectivity index (χ4n) is 1.91. The maximum atomic E-state index is 10.4. The molecule has 0 saturated carbocycles. The van der Waals surface area contributed by atoms with Gasteiger partial charge in [-0.3, -0.25) is 0 Å². The molecule has 1 nitrogen and oxygen atoms in total. The summed E-state index contributed by atoms with van der Waals surface area (Å²) in [6, 6.07) is 10.2. The van der Waals surface area contributed by atoms with E-state index in [1.54, 1.807) is 0 Å². The van der Waals surface area contributed by atoms with Crippen LogP contribution in [-0.2, 0) is 0 Å². The van der Waals surface area contributed by atoms with Crippen molar-refractivity contribution in [3.8, 4) is 0 Å². The van der Waals surface area contributed by atoms with Crippen LogP contribution >= 0.6 is 0 Å². The lowest BCUT2D eigenvalue weighted by Crippen LogP contribution is -2.33. The smallest absolute Gasteiger partial charge is 0.0708 e. The number of rotatable bonds is 4. The third-order valence-electron chi connectivity index (χ3n) is 3.33. The monoisotopic (exact) mass is 192 g/mol. The Balaban J connectivity index is 2.89. The van der Waals surface area contributed by atoms with Gasteiger partial charge in [0.25, 0.3) is 0 Å². The standard InChI is InChI=1S/C13H20O/c1-4-13(14,5-2)11(3)12-9-7-6-8-10-12/h6-11,14H,4-5H2,1-3H3/t11-/m1/s1. The fraction of sp³-hybridized carbons (Fsp3) is 0.538. The first kappa shape index (κ1) is 11.3. The van der Waals surface area contributed by atoms with Gasteiger partial charge in [0, 0.05) is 5.92 Å². The van der Waals surface area contributed by atoms with Gasteiger partial charge in [0.2, 0.25) is 0 Å². The first-order valence-corrected chi connectivity index (χ1v) is 5.41. The Kier molecular flexibility index (Phi) is 3.70. The van der Waals surface area contributed by atoms with Crippen LogP contribution in [0.5, 0.6) is 0 Å². The summed E-state index contributed by atoms with van der Waals surface area (Å²) in [5.74, 6) is 0.207. The van der Waals surface area contributed by atoms with Crippen molar-refractivity contribution in [3.05, 3.63) is 35.9 Å². The van der Waals surface area contributed by atoms with Gasteiger partial charge < -0.3 is 5.11 Å². The molecule has 0 aliphatic carbocycles. The van der Waals surface area contributed by atoms with Crippen LogP contribution in [0.15, 0.2) is 30.3 Å². The van der Waals surface area contributed by atoms with Crippen LogP contribution in [0.3, 0.4) is 0 Å². The van der Waals surface area contributed by atoms with Crippen LogP contribution in [0.2, 0.25) is 0 Å². The van der Waals surface area contributed by atoms with E-state index >= 15 is 0 Å². The molecule has 0 aliphatic rings. The molecule has 0 spiro atoms. The molecular formula is C13H20O. The maximum absolute atomic E-state index is 10.4. The van der Waals surface area contributed by atoms with Gasteiger partial charge in [0.1, 0.15) is 0 Å². The predicted octanol–water partition coefficient (Wildman–Crippen LogP) is 3.34. The molecule has 0 aliphatic heterocycles. The van der Waals surface area contributed by atoms with E-state index in [0.717, 1.165) is 12.8 Å². The summed E-state index contributed by atoms with van der Waals surface area (Å²) in [6.07, 6.45) is 1.61. The zero-order valence-electron chi connectivity index (χ0n) is 9.33. The van der Waals surface area contributed by atoms with Gasteiger partial charge in [-0.1, -0.05) is 51.1 Å². The average Bonchev–Trinajstić information content (AvgIpc) is 2.28. The summed E-state index contributed by atoms with van der Waals surface area (Å²) in [5, 5.41) is 10.4. The van der Waals surface area contributed by atoms with Crippen LogP contribution in [0.25, 0.3) is 0 Å². The Morgan fingerprint density at radius 2 is 1.64 bits per heavy atom. The molecule has 0 heterocycles. The van der Waals surface area contributed by atoms with Crippen molar-refractivity contribution in [1.29, 1.82) is 0 Å². The maximum Gasteiger partial charge on any atom is 0.0708 e. The van der Waals surface area contributed by atoms with Crippen molar-refractivity contribution in [1.82, 2.24) is 0 Å². The molecular weight excluding hydrogens is 172 g/mol. The lowest BCUT2D eigenvalue weighted by atomic mass is 9.80. The van der Waals surface area contributed by atoms with E-state index < -0.39 is 5.60 Å². The first-order valence-electron chi connectivity index (χ1n) is 5.41. The fourth-order valence-corrected chi connectivity index (χ4v) is 1.91. The van der Waals surface area contributed by atoms with E-state index in [0.29, 0.717) is 0 Å². The molecule has 0 bridgehead atoms. The summed E-state index contributed by atoms with van der Waals surface area (Å²) in [7, 11) is 0. The largest absolute Gasteiger partial charge is 0.389 e. The SMILES string of the molecule is CCC(O)(CC)[C@H](C)c1ccccc1. The quantitative estimate of drug-likeness (QED) is 0.775. The van der Waals surface area contributed by atoms with E-state index in [4.69, 9.17) is 0 Å². The number of aliphatic hydroxyl groups is 1. The van der Waals surface area contributed by atoms with Crippen LogP contribution < -0.4 is 0 Å². The minimum Gasteiger partial charge on any atom is -0.389 e. The van der Waals surface area contributed by atoms with Gasteiger partial charge in [0.15, 0.2) is 0 Å².